The first-order valence-electron chi connectivity index (χ1n) is 7.39. The lowest BCUT2D eigenvalue weighted by Crippen LogP contribution is -2.24. The summed E-state index contributed by atoms with van der Waals surface area (Å²) in [6.45, 7) is 0.366. The second kappa shape index (κ2) is 6.97. The smallest absolute Gasteiger partial charge is 0.234 e. The molecule has 4 heteroatoms. The third-order valence-electron chi connectivity index (χ3n) is 3.70. The minimum Gasteiger partial charge on any atom is -0.490 e. The normalized spacial score (nSPS) is 14.2. The predicted molar refractivity (Wildman–Crippen MR) is 89.5 cm³/mol. The van der Waals surface area contributed by atoms with Gasteiger partial charge in [0.05, 0.1) is 10.6 Å². The highest BCUT2D eigenvalue weighted by molar-refractivity contribution is 9.10. The Morgan fingerprint density at radius 2 is 1.86 bits per heavy atom. The first kappa shape index (κ1) is 15.1. The van der Waals surface area contributed by atoms with E-state index in [2.05, 4.69) is 15.9 Å². The highest BCUT2D eigenvalue weighted by Crippen LogP contribution is 2.26. The molecule has 0 bridgehead atoms. The Morgan fingerprint density at radius 1 is 1.09 bits per heavy atom. The van der Waals surface area contributed by atoms with Crippen molar-refractivity contribution in [3.63, 3.8) is 0 Å². The number of halogens is 1. The molecule has 2 aromatic carbocycles. The molecule has 1 aliphatic carbocycles. The third kappa shape index (κ3) is 3.69. The standard InChI is InChI=1S/C18H17BrO3/c19-16-11-15(22-14-7-4-8-14)9-10-17(18(16)20)21-12-13-5-2-1-3-6-13/h1-3,5-6,9-11,14H,4,7-8,12H2. The summed E-state index contributed by atoms with van der Waals surface area (Å²) in [5, 5.41) is 0. The minimum absolute atomic E-state index is 0.167. The Hall–Kier alpha value is -1.81. The summed E-state index contributed by atoms with van der Waals surface area (Å²) in [4.78, 5) is 12.3. The van der Waals surface area contributed by atoms with E-state index in [0.29, 0.717) is 22.6 Å². The van der Waals surface area contributed by atoms with Crippen LogP contribution in [0.3, 0.4) is 0 Å². The second-order valence-corrected chi connectivity index (χ2v) is 6.22. The Labute approximate surface area is 138 Å². The second-order valence-electron chi connectivity index (χ2n) is 5.37. The number of ether oxygens (including phenoxy) is 2. The van der Waals surface area contributed by atoms with Gasteiger partial charge in [-0.1, -0.05) is 30.3 Å². The van der Waals surface area contributed by atoms with E-state index in [9.17, 15) is 4.79 Å². The highest BCUT2D eigenvalue weighted by Gasteiger charge is 2.19. The van der Waals surface area contributed by atoms with Crippen molar-refractivity contribution in [2.24, 2.45) is 0 Å². The average molecular weight is 361 g/mol. The van der Waals surface area contributed by atoms with E-state index in [0.717, 1.165) is 18.4 Å². The van der Waals surface area contributed by atoms with Gasteiger partial charge in [0.15, 0.2) is 5.75 Å². The summed E-state index contributed by atoms with van der Waals surface area (Å²) in [6, 6.07) is 15.0. The molecule has 0 radical (unpaired) electrons. The Morgan fingerprint density at radius 3 is 2.55 bits per heavy atom. The summed E-state index contributed by atoms with van der Waals surface area (Å²) in [7, 11) is 0. The molecule has 1 fully saturated rings. The molecule has 22 heavy (non-hydrogen) atoms. The molecule has 0 saturated heterocycles. The fourth-order valence-corrected chi connectivity index (χ4v) is 2.61. The van der Waals surface area contributed by atoms with Gasteiger partial charge in [0.2, 0.25) is 5.43 Å². The third-order valence-corrected chi connectivity index (χ3v) is 4.29. The number of hydrogen-bond acceptors (Lipinski definition) is 3. The molecule has 0 aliphatic heterocycles. The van der Waals surface area contributed by atoms with Crippen LogP contribution >= 0.6 is 15.9 Å². The van der Waals surface area contributed by atoms with Crippen molar-refractivity contribution in [2.75, 3.05) is 0 Å². The molecule has 114 valence electrons. The van der Waals surface area contributed by atoms with Crippen LogP contribution in [0.5, 0.6) is 11.5 Å². The minimum atomic E-state index is -0.167. The van der Waals surface area contributed by atoms with E-state index in [1.807, 2.05) is 30.3 Å². The van der Waals surface area contributed by atoms with Crippen molar-refractivity contribution in [3.05, 3.63) is 68.8 Å². The van der Waals surface area contributed by atoms with Crippen molar-refractivity contribution in [1.29, 1.82) is 0 Å². The monoisotopic (exact) mass is 360 g/mol. The summed E-state index contributed by atoms with van der Waals surface area (Å²) < 4.78 is 12.0. The lowest BCUT2D eigenvalue weighted by atomic mass is 9.96. The molecule has 0 N–H and O–H groups in total. The molecule has 1 aliphatic rings. The Balaban J connectivity index is 1.77. The number of hydrogen-bond donors (Lipinski definition) is 0. The maximum absolute atomic E-state index is 12.3. The predicted octanol–water partition coefficient (Wildman–Crippen LogP) is 4.32. The molecule has 0 spiro atoms. The van der Waals surface area contributed by atoms with E-state index in [1.54, 1.807) is 18.2 Å². The Kier molecular flexibility index (Phi) is 4.78. The molecule has 0 aromatic heterocycles. The van der Waals surface area contributed by atoms with Crippen LogP contribution in [0.25, 0.3) is 0 Å². The van der Waals surface area contributed by atoms with E-state index in [4.69, 9.17) is 9.47 Å². The number of benzene rings is 1. The summed E-state index contributed by atoms with van der Waals surface area (Å²) >= 11 is 3.31. The van der Waals surface area contributed by atoms with Gasteiger partial charge in [0.1, 0.15) is 12.4 Å². The van der Waals surface area contributed by atoms with Crippen molar-refractivity contribution in [2.45, 2.75) is 32.0 Å². The topological polar surface area (TPSA) is 35.5 Å². The zero-order valence-electron chi connectivity index (χ0n) is 12.1. The van der Waals surface area contributed by atoms with Crippen LogP contribution < -0.4 is 14.9 Å². The van der Waals surface area contributed by atoms with Gasteiger partial charge >= 0.3 is 0 Å². The van der Waals surface area contributed by atoms with Gasteiger partial charge in [-0.3, -0.25) is 4.79 Å². The van der Waals surface area contributed by atoms with Crippen LogP contribution in [0.15, 0.2) is 57.8 Å². The van der Waals surface area contributed by atoms with Gasteiger partial charge in [0.25, 0.3) is 0 Å². The van der Waals surface area contributed by atoms with Gasteiger partial charge in [-0.15, -0.1) is 0 Å². The fraction of sp³-hybridized carbons (Fsp3) is 0.278. The summed E-state index contributed by atoms with van der Waals surface area (Å²) in [5.41, 5.74) is 0.856. The van der Waals surface area contributed by atoms with Gasteiger partial charge in [-0.05, 0) is 59.0 Å². The summed E-state index contributed by atoms with van der Waals surface area (Å²) in [6.07, 6.45) is 3.65. The molecule has 0 unspecified atom stereocenters. The number of rotatable bonds is 5. The molecule has 3 rings (SSSR count). The average Bonchev–Trinajstić information content (AvgIpc) is 2.62. The van der Waals surface area contributed by atoms with Gasteiger partial charge in [-0.2, -0.15) is 0 Å². The highest BCUT2D eigenvalue weighted by atomic mass is 79.9. The largest absolute Gasteiger partial charge is 0.490 e. The SMILES string of the molecule is O=c1c(Br)cc(OC2CCC2)ccc1OCc1ccccc1. The first-order valence-corrected chi connectivity index (χ1v) is 8.19. The molecule has 0 heterocycles. The molecule has 2 aromatic rings. The molecular formula is C18H17BrO3. The lowest BCUT2D eigenvalue weighted by molar-refractivity contribution is 0.120. The van der Waals surface area contributed by atoms with Crippen molar-refractivity contribution < 1.29 is 9.47 Å². The summed E-state index contributed by atoms with van der Waals surface area (Å²) in [5.74, 6) is 1.02. The maximum atomic E-state index is 12.3. The molecule has 0 amide bonds. The lowest BCUT2D eigenvalue weighted by Gasteiger charge is -2.26. The van der Waals surface area contributed by atoms with Crippen LogP contribution in [0.1, 0.15) is 24.8 Å². The van der Waals surface area contributed by atoms with Crippen molar-refractivity contribution in [1.82, 2.24) is 0 Å². The van der Waals surface area contributed by atoms with Crippen LogP contribution in [0.4, 0.5) is 0 Å². The zero-order valence-corrected chi connectivity index (χ0v) is 13.7. The van der Waals surface area contributed by atoms with Crippen LogP contribution in [0.2, 0.25) is 0 Å². The van der Waals surface area contributed by atoms with Crippen LogP contribution in [-0.2, 0) is 6.61 Å². The van der Waals surface area contributed by atoms with E-state index in [1.165, 1.54) is 6.42 Å². The van der Waals surface area contributed by atoms with Crippen LogP contribution in [0, 0.1) is 0 Å². The van der Waals surface area contributed by atoms with Gasteiger partial charge < -0.3 is 9.47 Å². The molecule has 1 saturated carbocycles. The molecular weight excluding hydrogens is 344 g/mol. The molecule has 0 atom stereocenters. The van der Waals surface area contributed by atoms with Gasteiger partial charge in [0, 0.05) is 0 Å². The van der Waals surface area contributed by atoms with Crippen molar-refractivity contribution >= 4 is 15.9 Å². The first-order chi connectivity index (χ1) is 10.7. The van der Waals surface area contributed by atoms with E-state index >= 15 is 0 Å². The van der Waals surface area contributed by atoms with Crippen LogP contribution in [-0.4, -0.2) is 6.10 Å². The van der Waals surface area contributed by atoms with E-state index in [-0.39, 0.29) is 11.5 Å². The maximum Gasteiger partial charge on any atom is 0.234 e. The molecule has 3 nitrogen and oxygen atoms in total. The quantitative estimate of drug-likeness (QED) is 0.796. The van der Waals surface area contributed by atoms with Crippen molar-refractivity contribution in [3.8, 4) is 11.5 Å². The van der Waals surface area contributed by atoms with E-state index < -0.39 is 0 Å². The Bertz CT molecular complexity index is 696. The zero-order chi connectivity index (χ0) is 15.4. The fourth-order valence-electron chi connectivity index (χ4n) is 2.19. The van der Waals surface area contributed by atoms with Gasteiger partial charge in [-0.25, -0.2) is 0 Å².